The fourth-order valence-corrected chi connectivity index (χ4v) is 2.10. The van der Waals surface area contributed by atoms with Gasteiger partial charge in [0.15, 0.2) is 0 Å². The predicted molar refractivity (Wildman–Crippen MR) is 71.9 cm³/mol. The average molecular weight is 231 g/mol. The van der Waals surface area contributed by atoms with Gasteiger partial charge in [0.05, 0.1) is 11.0 Å². The van der Waals surface area contributed by atoms with Gasteiger partial charge in [0.25, 0.3) is 0 Å². The Morgan fingerprint density at radius 3 is 2.59 bits per heavy atom. The Hall–Kier alpha value is -1.35. The van der Waals surface area contributed by atoms with E-state index in [-0.39, 0.29) is 6.04 Å². The third-order valence-corrected chi connectivity index (χ3v) is 3.11. The summed E-state index contributed by atoms with van der Waals surface area (Å²) in [6.45, 7) is 6.43. The molecule has 1 heterocycles. The number of aromatic nitrogens is 2. The standard InChI is InChI=1S/C14H21N3/c1-9(2)7-14-16-12-8-11(10(3)15)5-6-13(12)17(14)4/h5-6,8-10H,7,15H2,1-4H3. The molecule has 0 radical (unpaired) electrons. The Morgan fingerprint density at radius 2 is 2.00 bits per heavy atom. The summed E-state index contributed by atoms with van der Waals surface area (Å²) in [5, 5.41) is 0. The monoisotopic (exact) mass is 231 g/mol. The van der Waals surface area contributed by atoms with Gasteiger partial charge in [-0.25, -0.2) is 4.98 Å². The minimum absolute atomic E-state index is 0.0648. The van der Waals surface area contributed by atoms with E-state index in [9.17, 15) is 0 Å². The number of imidazole rings is 1. The van der Waals surface area contributed by atoms with Gasteiger partial charge in [-0.1, -0.05) is 19.9 Å². The van der Waals surface area contributed by atoms with Crippen LogP contribution in [0.3, 0.4) is 0 Å². The molecule has 0 aliphatic rings. The first-order valence-corrected chi connectivity index (χ1v) is 6.20. The summed E-state index contributed by atoms with van der Waals surface area (Å²) >= 11 is 0. The number of aryl methyl sites for hydroxylation is 1. The Labute approximate surface area is 103 Å². The lowest BCUT2D eigenvalue weighted by molar-refractivity contribution is 0.606. The molecule has 1 aromatic carbocycles. The predicted octanol–water partition coefficient (Wildman–Crippen LogP) is 2.79. The first-order valence-electron chi connectivity index (χ1n) is 6.20. The van der Waals surface area contributed by atoms with Gasteiger partial charge in [0.1, 0.15) is 5.82 Å². The largest absolute Gasteiger partial charge is 0.331 e. The van der Waals surface area contributed by atoms with Gasteiger partial charge in [-0.05, 0) is 30.5 Å². The molecular weight excluding hydrogens is 210 g/mol. The minimum atomic E-state index is 0.0648. The van der Waals surface area contributed by atoms with Gasteiger partial charge in [-0.3, -0.25) is 0 Å². The maximum absolute atomic E-state index is 5.90. The summed E-state index contributed by atoms with van der Waals surface area (Å²) in [7, 11) is 2.08. The van der Waals surface area contributed by atoms with Crippen molar-refractivity contribution in [3.05, 3.63) is 29.6 Å². The van der Waals surface area contributed by atoms with Crippen LogP contribution in [0.4, 0.5) is 0 Å². The van der Waals surface area contributed by atoms with Crippen LogP contribution in [0.15, 0.2) is 18.2 Å². The molecular formula is C14H21N3. The van der Waals surface area contributed by atoms with Crippen molar-refractivity contribution in [2.24, 2.45) is 18.7 Å². The average Bonchev–Trinajstić information content (AvgIpc) is 2.54. The highest BCUT2D eigenvalue weighted by molar-refractivity contribution is 5.77. The van der Waals surface area contributed by atoms with Crippen molar-refractivity contribution in [2.75, 3.05) is 0 Å². The summed E-state index contributed by atoms with van der Waals surface area (Å²) < 4.78 is 2.18. The SMILES string of the molecule is CC(C)Cc1nc2cc(C(C)N)ccc2n1C. The first kappa shape index (κ1) is 12.1. The van der Waals surface area contributed by atoms with Crippen LogP contribution in [0.5, 0.6) is 0 Å². The number of nitrogens with zero attached hydrogens (tertiary/aromatic N) is 2. The quantitative estimate of drug-likeness (QED) is 0.882. The number of rotatable bonds is 3. The zero-order valence-corrected chi connectivity index (χ0v) is 11.1. The number of hydrogen-bond acceptors (Lipinski definition) is 2. The van der Waals surface area contributed by atoms with E-state index in [1.165, 1.54) is 5.52 Å². The van der Waals surface area contributed by atoms with Crippen LogP contribution in [-0.2, 0) is 13.5 Å². The second-order valence-corrected chi connectivity index (χ2v) is 5.22. The maximum Gasteiger partial charge on any atom is 0.109 e. The normalized spacial score (nSPS) is 13.5. The Balaban J connectivity index is 2.49. The third-order valence-electron chi connectivity index (χ3n) is 3.11. The molecule has 0 saturated carbocycles. The highest BCUT2D eigenvalue weighted by Crippen LogP contribution is 2.20. The second kappa shape index (κ2) is 4.49. The fraction of sp³-hybridized carbons (Fsp3) is 0.500. The first-order chi connectivity index (χ1) is 7.99. The van der Waals surface area contributed by atoms with Crippen molar-refractivity contribution in [3.63, 3.8) is 0 Å². The van der Waals surface area contributed by atoms with Gasteiger partial charge in [-0.15, -0.1) is 0 Å². The number of fused-ring (bicyclic) bond motifs is 1. The van der Waals surface area contributed by atoms with Crippen molar-refractivity contribution in [1.82, 2.24) is 9.55 Å². The summed E-state index contributed by atoms with van der Waals surface area (Å²) in [4.78, 5) is 4.70. The van der Waals surface area contributed by atoms with Crippen LogP contribution in [0.1, 0.15) is 38.2 Å². The molecule has 1 aromatic heterocycles. The van der Waals surface area contributed by atoms with Crippen molar-refractivity contribution in [2.45, 2.75) is 33.2 Å². The number of hydrogen-bond donors (Lipinski definition) is 1. The maximum atomic E-state index is 5.90. The molecule has 2 N–H and O–H groups in total. The molecule has 1 atom stereocenters. The van der Waals surface area contributed by atoms with Crippen LogP contribution in [0, 0.1) is 5.92 Å². The fourth-order valence-electron chi connectivity index (χ4n) is 2.10. The molecule has 0 bridgehead atoms. The van der Waals surface area contributed by atoms with Gasteiger partial charge in [-0.2, -0.15) is 0 Å². The molecule has 0 aliphatic heterocycles. The van der Waals surface area contributed by atoms with E-state index < -0.39 is 0 Å². The molecule has 2 rings (SSSR count). The topological polar surface area (TPSA) is 43.8 Å². The molecule has 0 saturated heterocycles. The van der Waals surface area contributed by atoms with Crippen molar-refractivity contribution < 1.29 is 0 Å². The van der Waals surface area contributed by atoms with E-state index in [2.05, 4.69) is 43.7 Å². The van der Waals surface area contributed by atoms with Crippen LogP contribution in [0.2, 0.25) is 0 Å². The zero-order valence-electron chi connectivity index (χ0n) is 11.1. The number of nitrogens with two attached hydrogens (primary N) is 1. The zero-order chi connectivity index (χ0) is 12.6. The van der Waals surface area contributed by atoms with E-state index in [1.54, 1.807) is 0 Å². The third kappa shape index (κ3) is 2.34. The molecule has 0 amide bonds. The molecule has 0 fully saturated rings. The molecule has 1 unspecified atom stereocenters. The van der Waals surface area contributed by atoms with E-state index in [1.807, 2.05) is 6.92 Å². The van der Waals surface area contributed by atoms with Gasteiger partial charge in [0, 0.05) is 19.5 Å². The van der Waals surface area contributed by atoms with Crippen LogP contribution < -0.4 is 5.73 Å². The minimum Gasteiger partial charge on any atom is -0.331 e. The highest BCUT2D eigenvalue weighted by atomic mass is 15.1. The Kier molecular flexibility index (Phi) is 3.20. The Bertz CT molecular complexity index is 523. The lowest BCUT2D eigenvalue weighted by atomic mass is 10.1. The van der Waals surface area contributed by atoms with E-state index >= 15 is 0 Å². The van der Waals surface area contributed by atoms with E-state index in [4.69, 9.17) is 10.7 Å². The van der Waals surface area contributed by atoms with Gasteiger partial charge in [0.2, 0.25) is 0 Å². The molecule has 0 aliphatic carbocycles. The molecule has 3 heteroatoms. The van der Waals surface area contributed by atoms with Gasteiger partial charge >= 0.3 is 0 Å². The van der Waals surface area contributed by atoms with Gasteiger partial charge < -0.3 is 10.3 Å². The second-order valence-electron chi connectivity index (χ2n) is 5.22. The highest BCUT2D eigenvalue weighted by Gasteiger charge is 2.10. The van der Waals surface area contributed by atoms with E-state index in [0.29, 0.717) is 5.92 Å². The lowest BCUT2D eigenvalue weighted by Crippen LogP contribution is -2.04. The van der Waals surface area contributed by atoms with Crippen LogP contribution in [0.25, 0.3) is 11.0 Å². The van der Waals surface area contributed by atoms with Crippen LogP contribution >= 0.6 is 0 Å². The van der Waals surface area contributed by atoms with Crippen molar-refractivity contribution in [3.8, 4) is 0 Å². The summed E-state index contributed by atoms with van der Waals surface area (Å²) in [5.41, 5.74) is 9.28. The van der Waals surface area contributed by atoms with Crippen molar-refractivity contribution >= 4 is 11.0 Å². The Morgan fingerprint density at radius 1 is 1.29 bits per heavy atom. The molecule has 2 aromatic rings. The summed E-state index contributed by atoms with van der Waals surface area (Å²) in [6, 6.07) is 6.37. The summed E-state index contributed by atoms with van der Waals surface area (Å²) in [5.74, 6) is 1.77. The van der Waals surface area contributed by atoms with E-state index in [0.717, 1.165) is 23.3 Å². The molecule has 0 spiro atoms. The lowest BCUT2D eigenvalue weighted by Gasteiger charge is -2.05. The van der Waals surface area contributed by atoms with Crippen LogP contribution in [-0.4, -0.2) is 9.55 Å². The molecule has 3 nitrogen and oxygen atoms in total. The number of benzene rings is 1. The smallest absolute Gasteiger partial charge is 0.109 e. The molecule has 92 valence electrons. The molecule has 17 heavy (non-hydrogen) atoms. The van der Waals surface area contributed by atoms with Crippen molar-refractivity contribution in [1.29, 1.82) is 0 Å². The summed E-state index contributed by atoms with van der Waals surface area (Å²) in [6.07, 6.45) is 1.01.